The summed E-state index contributed by atoms with van der Waals surface area (Å²) < 4.78 is 0. The first-order valence-corrected chi connectivity index (χ1v) is 6.23. The Hall–Kier alpha value is -2.28. The van der Waals surface area contributed by atoms with Crippen LogP contribution in [0.3, 0.4) is 0 Å². The number of carboxylic acids is 1. The monoisotopic (exact) mass is 277 g/mol. The smallest absolute Gasteiger partial charge is 0.356 e. The third-order valence-electron chi connectivity index (χ3n) is 2.43. The first kappa shape index (κ1) is 13.2. The van der Waals surface area contributed by atoms with Gasteiger partial charge >= 0.3 is 5.97 Å². The lowest BCUT2D eigenvalue weighted by Gasteiger charge is -2.04. The number of carboxylic acid groups (broad SMARTS) is 1. The number of nitrogens with zero attached hydrogens (tertiary/aromatic N) is 2. The second kappa shape index (κ2) is 5.15. The number of hydrogen-bond donors (Lipinski definition) is 2. The molecule has 2 aromatic heterocycles. The van der Waals surface area contributed by atoms with Gasteiger partial charge in [-0.1, -0.05) is 11.3 Å². The summed E-state index contributed by atoms with van der Waals surface area (Å²) in [6, 6.07) is 1.82. The first-order chi connectivity index (χ1) is 8.99. The summed E-state index contributed by atoms with van der Waals surface area (Å²) in [6.45, 7) is 3.21. The molecule has 0 fully saturated rings. The highest BCUT2D eigenvalue weighted by atomic mass is 32.1. The van der Waals surface area contributed by atoms with Gasteiger partial charge in [-0.15, -0.1) is 0 Å². The molecular weight excluding hydrogens is 266 g/mol. The van der Waals surface area contributed by atoms with E-state index in [9.17, 15) is 9.59 Å². The molecule has 0 bridgehead atoms. The molecule has 2 aromatic rings. The first-order valence-electron chi connectivity index (χ1n) is 5.41. The number of ketones is 1. The molecule has 2 N–H and O–H groups in total. The number of carbonyl (C=O) groups excluding carboxylic acids is 1. The number of hydrogen-bond acceptors (Lipinski definition) is 6. The van der Waals surface area contributed by atoms with Crippen LogP contribution in [-0.4, -0.2) is 26.8 Å². The maximum absolute atomic E-state index is 11.4. The summed E-state index contributed by atoms with van der Waals surface area (Å²) in [6.07, 6.45) is 3.27. The van der Waals surface area contributed by atoms with E-state index < -0.39 is 5.97 Å². The number of aryl methyl sites for hydroxylation is 1. The zero-order valence-corrected chi connectivity index (χ0v) is 11.1. The summed E-state index contributed by atoms with van der Waals surface area (Å²) in [4.78, 5) is 30.4. The third-order valence-corrected chi connectivity index (χ3v) is 3.50. The largest absolute Gasteiger partial charge is 0.476 e. The average Bonchev–Trinajstić information content (AvgIpc) is 2.76. The molecule has 0 atom stereocenters. The predicted molar refractivity (Wildman–Crippen MR) is 71.3 cm³/mol. The quantitative estimate of drug-likeness (QED) is 0.834. The van der Waals surface area contributed by atoms with Gasteiger partial charge in [0, 0.05) is 13.1 Å². The number of pyridine rings is 1. The maximum atomic E-state index is 11.4. The molecule has 0 unspecified atom stereocenters. The predicted octanol–water partition coefficient (Wildman–Crippen LogP) is 2.49. The second-order valence-electron chi connectivity index (χ2n) is 3.87. The van der Waals surface area contributed by atoms with Crippen LogP contribution in [0.5, 0.6) is 0 Å². The molecule has 2 heterocycles. The van der Waals surface area contributed by atoms with E-state index >= 15 is 0 Å². The average molecular weight is 277 g/mol. The Morgan fingerprint density at radius 2 is 2.16 bits per heavy atom. The number of aromatic nitrogens is 2. The Morgan fingerprint density at radius 1 is 1.42 bits per heavy atom. The molecule has 98 valence electrons. The fourth-order valence-electron chi connectivity index (χ4n) is 1.47. The molecular formula is C12H11N3O3S. The highest BCUT2D eigenvalue weighted by Gasteiger charge is 2.20. The van der Waals surface area contributed by atoms with Gasteiger partial charge in [0.15, 0.2) is 16.6 Å². The number of aromatic carboxylic acids is 1. The fraction of sp³-hybridized carbons (Fsp3) is 0.167. The zero-order chi connectivity index (χ0) is 14.0. The molecule has 6 nitrogen and oxygen atoms in total. The van der Waals surface area contributed by atoms with Crippen LogP contribution in [0, 0.1) is 6.92 Å². The van der Waals surface area contributed by atoms with Gasteiger partial charge in [-0.25, -0.2) is 9.78 Å². The van der Waals surface area contributed by atoms with Crippen LogP contribution < -0.4 is 5.32 Å². The van der Waals surface area contributed by atoms with Crippen molar-refractivity contribution < 1.29 is 14.7 Å². The minimum absolute atomic E-state index is 0.136. The second-order valence-corrected chi connectivity index (χ2v) is 4.87. The van der Waals surface area contributed by atoms with Crippen molar-refractivity contribution in [2.45, 2.75) is 13.8 Å². The Bertz CT molecular complexity index is 620. The molecule has 2 rings (SSSR count). The standard InChI is InChI=1S/C12H11N3O3S/c1-6-3-4-13-5-8(6)14-12-15-9(11(17)18)10(19-12)7(2)16/h3-5H,1-2H3,(H,14,15)(H,17,18). The number of rotatable bonds is 4. The highest BCUT2D eigenvalue weighted by Crippen LogP contribution is 2.27. The van der Waals surface area contributed by atoms with Crippen molar-refractivity contribution in [2.24, 2.45) is 0 Å². The van der Waals surface area contributed by atoms with Gasteiger partial charge in [0.1, 0.15) is 4.88 Å². The summed E-state index contributed by atoms with van der Waals surface area (Å²) in [5.41, 5.74) is 1.45. The molecule has 0 radical (unpaired) electrons. The molecule has 0 spiro atoms. The van der Waals surface area contributed by atoms with Gasteiger partial charge in [-0.2, -0.15) is 0 Å². The summed E-state index contributed by atoms with van der Waals surface area (Å²) in [5, 5.41) is 12.3. The molecule has 0 aromatic carbocycles. The molecule has 0 aliphatic carbocycles. The van der Waals surface area contributed by atoms with E-state index in [1.165, 1.54) is 6.92 Å². The maximum Gasteiger partial charge on any atom is 0.356 e. The summed E-state index contributed by atoms with van der Waals surface area (Å²) in [7, 11) is 0. The van der Waals surface area contributed by atoms with Crippen molar-refractivity contribution in [3.05, 3.63) is 34.6 Å². The van der Waals surface area contributed by atoms with E-state index in [1.54, 1.807) is 12.4 Å². The molecule has 0 aliphatic rings. The van der Waals surface area contributed by atoms with Crippen LogP contribution >= 0.6 is 11.3 Å². The van der Waals surface area contributed by atoms with Crippen molar-refractivity contribution in [2.75, 3.05) is 5.32 Å². The van der Waals surface area contributed by atoms with E-state index in [0.717, 1.165) is 22.6 Å². The van der Waals surface area contributed by atoms with Gasteiger partial charge in [-0.3, -0.25) is 9.78 Å². The minimum Gasteiger partial charge on any atom is -0.476 e. The van der Waals surface area contributed by atoms with Crippen molar-refractivity contribution in [1.29, 1.82) is 0 Å². The Morgan fingerprint density at radius 3 is 2.68 bits per heavy atom. The van der Waals surface area contributed by atoms with E-state index in [2.05, 4.69) is 15.3 Å². The number of carbonyl (C=O) groups is 2. The lowest BCUT2D eigenvalue weighted by molar-refractivity contribution is 0.0687. The summed E-state index contributed by atoms with van der Waals surface area (Å²) >= 11 is 1.02. The van der Waals surface area contributed by atoms with Crippen molar-refractivity contribution in [3.63, 3.8) is 0 Å². The van der Waals surface area contributed by atoms with Crippen molar-refractivity contribution in [1.82, 2.24) is 9.97 Å². The molecule has 7 heteroatoms. The van der Waals surface area contributed by atoms with E-state index in [-0.39, 0.29) is 16.4 Å². The fourth-order valence-corrected chi connectivity index (χ4v) is 2.33. The van der Waals surface area contributed by atoms with Crippen molar-refractivity contribution >= 4 is 33.9 Å². The summed E-state index contributed by atoms with van der Waals surface area (Å²) in [5.74, 6) is -1.52. The van der Waals surface area contributed by atoms with Crippen LogP contribution in [0.25, 0.3) is 0 Å². The Labute approximate surface area is 113 Å². The topological polar surface area (TPSA) is 92.2 Å². The normalized spacial score (nSPS) is 10.2. The number of Topliss-reactive ketones (excluding diaryl/α,β-unsaturated/α-hetero) is 1. The third kappa shape index (κ3) is 2.76. The van der Waals surface area contributed by atoms with Gasteiger partial charge in [0.2, 0.25) is 0 Å². The molecule has 0 aliphatic heterocycles. The lowest BCUT2D eigenvalue weighted by Crippen LogP contribution is -2.03. The van der Waals surface area contributed by atoms with Gasteiger partial charge < -0.3 is 10.4 Å². The van der Waals surface area contributed by atoms with Crippen LogP contribution in [0.15, 0.2) is 18.5 Å². The Balaban J connectivity index is 2.37. The zero-order valence-electron chi connectivity index (χ0n) is 10.3. The Kier molecular flexibility index (Phi) is 3.57. The number of anilines is 2. The molecule has 19 heavy (non-hydrogen) atoms. The van der Waals surface area contributed by atoms with Crippen LogP contribution in [0.4, 0.5) is 10.8 Å². The van der Waals surface area contributed by atoms with Crippen molar-refractivity contribution in [3.8, 4) is 0 Å². The molecule has 0 saturated carbocycles. The van der Waals surface area contributed by atoms with Gasteiger partial charge in [0.05, 0.1) is 11.9 Å². The number of thiazole rings is 1. The van der Waals surface area contributed by atoms with E-state index in [4.69, 9.17) is 5.11 Å². The van der Waals surface area contributed by atoms with Gasteiger partial charge in [0.25, 0.3) is 0 Å². The SMILES string of the molecule is CC(=O)c1sc(Nc2cnccc2C)nc1C(=O)O. The van der Waals surface area contributed by atoms with E-state index in [0.29, 0.717) is 5.13 Å². The minimum atomic E-state index is -1.21. The lowest BCUT2D eigenvalue weighted by atomic mass is 10.2. The van der Waals surface area contributed by atoms with Gasteiger partial charge in [-0.05, 0) is 18.6 Å². The highest BCUT2D eigenvalue weighted by molar-refractivity contribution is 7.17. The van der Waals surface area contributed by atoms with Crippen LogP contribution in [0.1, 0.15) is 32.6 Å². The molecule has 0 amide bonds. The molecule has 0 saturated heterocycles. The van der Waals surface area contributed by atoms with E-state index in [1.807, 2.05) is 13.0 Å². The van der Waals surface area contributed by atoms with Crippen LogP contribution in [-0.2, 0) is 0 Å². The number of nitrogens with one attached hydrogen (secondary N) is 1. The van der Waals surface area contributed by atoms with Crippen LogP contribution in [0.2, 0.25) is 0 Å².